The van der Waals surface area contributed by atoms with Crippen molar-refractivity contribution in [3.05, 3.63) is 28.9 Å². The topological polar surface area (TPSA) is 42.4 Å². The van der Waals surface area contributed by atoms with E-state index in [-0.39, 0.29) is 11.7 Å². The Balaban J connectivity index is 2.04. The summed E-state index contributed by atoms with van der Waals surface area (Å²) >= 11 is 1.68. The summed E-state index contributed by atoms with van der Waals surface area (Å²) in [7, 11) is 0. The first kappa shape index (κ1) is 12.6. The lowest BCUT2D eigenvalue weighted by molar-refractivity contribution is -0.0689. The average Bonchev–Trinajstić information content (AvgIpc) is 2.79. The minimum absolute atomic E-state index is 0.250. The van der Waals surface area contributed by atoms with E-state index in [2.05, 4.69) is 18.8 Å². The van der Waals surface area contributed by atoms with Gasteiger partial charge in [-0.25, -0.2) is 4.98 Å². The van der Waals surface area contributed by atoms with E-state index in [1.165, 1.54) is 0 Å². The Morgan fingerprint density at radius 1 is 1.65 bits per heavy atom. The van der Waals surface area contributed by atoms with Crippen LogP contribution in [0.5, 0.6) is 0 Å². The van der Waals surface area contributed by atoms with Crippen molar-refractivity contribution in [3.8, 4) is 0 Å². The molecule has 2 rings (SSSR count). The molecule has 0 aliphatic carbocycles. The summed E-state index contributed by atoms with van der Waals surface area (Å²) in [4.78, 5) is 4.29. The number of aryl methyl sites for hydroxylation is 1. The standard InChI is InChI=1S/C13H19NO2S/c1-10(2)13(9-11(15)4-7-16-13)5-3-12-14-6-8-17-12/h4,6-8,10-11,15H,3,5,9H2,1-2H3. The number of hydrogen-bond donors (Lipinski definition) is 1. The van der Waals surface area contributed by atoms with Gasteiger partial charge in [-0.05, 0) is 18.4 Å². The maximum atomic E-state index is 9.77. The molecule has 0 fully saturated rings. The van der Waals surface area contributed by atoms with Crippen molar-refractivity contribution >= 4 is 11.3 Å². The van der Waals surface area contributed by atoms with Crippen LogP contribution in [0.25, 0.3) is 0 Å². The number of hydrogen-bond acceptors (Lipinski definition) is 4. The van der Waals surface area contributed by atoms with Crippen LogP contribution in [0.3, 0.4) is 0 Å². The monoisotopic (exact) mass is 253 g/mol. The van der Waals surface area contributed by atoms with Crippen LogP contribution in [0.2, 0.25) is 0 Å². The molecule has 17 heavy (non-hydrogen) atoms. The Morgan fingerprint density at radius 2 is 2.47 bits per heavy atom. The molecule has 1 aromatic rings. The smallest absolute Gasteiger partial charge is 0.114 e. The van der Waals surface area contributed by atoms with Crippen LogP contribution in [0.1, 0.15) is 31.7 Å². The van der Waals surface area contributed by atoms with Crippen LogP contribution in [-0.4, -0.2) is 21.8 Å². The van der Waals surface area contributed by atoms with Gasteiger partial charge in [-0.1, -0.05) is 13.8 Å². The van der Waals surface area contributed by atoms with Gasteiger partial charge in [-0.3, -0.25) is 0 Å². The number of ether oxygens (including phenoxy) is 1. The number of rotatable bonds is 4. The molecule has 2 heterocycles. The summed E-state index contributed by atoms with van der Waals surface area (Å²) in [6.45, 7) is 4.29. The van der Waals surface area contributed by atoms with Crippen molar-refractivity contribution in [2.24, 2.45) is 5.92 Å². The quantitative estimate of drug-likeness (QED) is 0.897. The SMILES string of the molecule is CC(C)C1(CCc2nccs2)CC(O)C=CO1. The Hall–Kier alpha value is -0.870. The molecule has 0 bridgehead atoms. The third-order valence-electron chi connectivity index (χ3n) is 3.46. The molecule has 1 aliphatic rings. The summed E-state index contributed by atoms with van der Waals surface area (Å²) in [5.74, 6) is 0.377. The fourth-order valence-electron chi connectivity index (χ4n) is 2.25. The van der Waals surface area contributed by atoms with Gasteiger partial charge in [-0.2, -0.15) is 0 Å². The van der Waals surface area contributed by atoms with Gasteiger partial charge in [0, 0.05) is 24.4 Å². The zero-order valence-electron chi connectivity index (χ0n) is 10.3. The van der Waals surface area contributed by atoms with E-state index in [1.807, 2.05) is 11.6 Å². The van der Waals surface area contributed by atoms with Crippen LogP contribution in [0.15, 0.2) is 23.9 Å². The highest BCUT2D eigenvalue weighted by Gasteiger charge is 2.38. The highest BCUT2D eigenvalue weighted by molar-refractivity contribution is 7.09. The molecule has 0 radical (unpaired) electrons. The van der Waals surface area contributed by atoms with Gasteiger partial charge in [0.15, 0.2) is 0 Å². The van der Waals surface area contributed by atoms with E-state index in [0.29, 0.717) is 12.3 Å². The summed E-state index contributed by atoms with van der Waals surface area (Å²) in [5.41, 5.74) is -0.250. The molecule has 0 amide bonds. The fourth-order valence-corrected chi connectivity index (χ4v) is 2.87. The summed E-state index contributed by atoms with van der Waals surface area (Å²) in [6, 6.07) is 0. The molecule has 0 saturated heterocycles. The predicted molar refractivity (Wildman–Crippen MR) is 68.9 cm³/mol. The van der Waals surface area contributed by atoms with E-state index < -0.39 is 0 Å². The molecule has 0 saturated carbocycles. The lowest BCUT2D eigenvalue weighted by Crippen LogP contribution is -2.42. The van der Waals surface area contributed by atoms with Gasteiger partial charge in [0.05, 0.1) is 17.4 Å². The Labute approximate surface area is 106 Å². The molecule has 0 aromatic carbocycles. The van der Waals surface area contributed by atoms with E-state index in [4.69, 9.17) is 4.74 Å². The summed E-state index contributed by atoms with van der Waals surface area (Å²) in [6.07, 6.45) is 7.30. The lowest BCUT2D eigenvalue weighted by atomic mass is 9.80. The van der Waals surface area contributed by atoms with Crippen molar-refractivity contribution in [2.45, 2.75) is 44.8 Å². The zero-order valence-corrected chi connectivity index (χ0v) is 11.1. The number of aromatic nitrogens is 1. The van der Waals surface area contributed by atoms with Crippen molar-refractivity contribution in [1.82, 2.24) is 4.98 Å². The third-order valence-corrected chi connectivity index (χ3v) is 4.30. The molecular formula is C13H19NO2S. The summed E-state index contributed by atoms with van der Waals surface area (Å²) < 4.78 is 5.83. The number of aliphatic hydroxyl groups excluding tert-OH is 1. The van der Waals surface area contributed by atoms with Crippen molar-refractivity contribution in [2.75, 3.05) is 0 Å². The third kappa shape index (κ3) is 2.87. The molecule has 0 spiro atoms. The first-order valence-electron chi connectivity index (χ1n) is 6.03. The van der Waals surface area contributed by atoms with Crippen LogP contribution in [0.4, 0.5) is 0 Å². The minimum Gasteiger partial charge on any atom is -0.495 e. The normalized spacial score (nSPS) is 28.4. The van der Waals surface area contributed by atoms with Crippen LogP contribution in [-0.2, 0) is 11.2 Å². The van der Waals surface area contributed by atoms with Gasteiger partial charge in [0.2, 0.25) is 0 Å². The highest BCUT2D eigenvalue weighted by atomic mass is 32.1. The molecule has 2 atom stereocenters. The maximum absolute atomic E-state index is 9.77. The Bertz CT molecular complexity index is 375. The maximum Gasteiger partial charge on any atom is 0.114 e. The van der Waals surface area contributed by atoms with Crippen molar-refractivity contribution in [1.29, 1.82) is 0 Å². The highest BCUT2D eigenvalue weighted by Crippen LogP contribution is 2.35. The summed E-state index contributed by atoms with van der Waals surface area (Å²) in [5, 5.41) is 12.9. The van der Waals surface area contributed by atoms with E-state index in [9.17, 15) is 5.11 Å². The molecule has 1 N–H and O–H groups in total. The van der Waals surface area contributed by atoms with Gasteiger partial charge < -0.3 is 9.84 Å². The molecule has 94 valence electrons. The van der Waals surface area contributed by atoms with Gasteiger partial charge in [0.25, 0.3) is 0 Å². The lowest BCUT2D eigenvalue weighted by Gasteiger charge is -2.40. The van der Waals surface area contributed by atoms with Crippen molar-refractivity contribution in [3.63, 3.8) is 0 Å². The van der Waals surface area contributed by atoms with Crippen LogP contribution < -0.4 is 0 Å². The average molecular weight is 253 g/mol. The Kier molecular flexibility index (Phi) is 3.84. The predicted octanol–water partition coefficient (Wildman–Crippen LogP) is 2.77. The first-order valence-corrected chi connectivity index (χ1v) is 6.91. The molecule has 1 aromatic heterocycles. The van der Waals surface area contributed by atoms with E-state index in [0.717, 1.165) is 17.8 Å². The van der Waals surface area contributed by atoms with Gasteiger partial charge in [-0.15, -0.1) is 11.3 Å². The zero-order chi connectivity index (χ0) is 12.3. The number of nitrogens with zero attached hydrogens (tertiary/aromatic N) is 1. The second-order valence-corrected chi connectivity index (χ2v) is 5.84. The van der Waals surface area contributed by atoms with Crippen molar-refractivity contribution < 1.29 is 9.84 Å². The van der Waals surface area contributed by atoms with Gasteiger partial charge >= 0.3 is 0 Å². The molecular weight excluding hydrogens is 234 g/mol. The minimum atomic E-state index is -0.387. The largest absolute Gasteiger partial charge is 0.495 e. The molecule has 1 aliphatic heterocycles. The molecule has 2 unspecified atom stereocenters. The van der Waals surface area contributed by atoms with Crippen LogP contribution >= 0.6 is 11.3 Å². The van der Waals surface area contributed by atoms with Crippen LogP contribution in [0, 0.1) is 5.92 Å². The second kappa shape index (κ2) is 5.19. The molecule has 4 heteroatoms. The number of thiazole rings is 1. The Morgan fingerprint density at radius 3 is 3.06 bits per heavy atom. The first-order chi connectivity index (χ1) is 8.12. The van der Waals surface area contributed by atoms with Gasteiger partial charge in [0.1, 0.15) is 5.60 Å². The second-order valence-electron chi connectivity index (χ2n) is 4.86. The van der Waals surface area contributed by atoms with E-state index >= 15 is 0 Å². The number of aliphatic hydroxyl groups is 1. The molecule has 3 nitrogen and oxygen atoms in total. The fraction of sp³-hybridized carbons (Fsp3) is 0.615. The van der Waals surface area contributed by atoms with E-state index in [1.54, 1.807) is 23.7 Å².